The largest absolute Gasteiger partial charge is 0.492 e. The standard InChI is InChI=1S/C32H37NO5/c1-5-37-29(31(35)36)20-23-11-13-25(14-12-23)38-18-17-33-16-15-32(3,4)27-21-26(22(2)19-28(27)33)30(34)24-9-7-6-8-10-24/h6-14,19,21,29H,5,15-18,20H2,1-4H3,(H,35,36). The Bertz CT molecular complexity index is 1270. The Kier molecular flexibility index (Phi) is 8.52. The third-order valence-corrected chi connectivity index (χ3v) is 7.32. The van der Waals surface area contributed by atoms with Crippen molar-refractivity contribution >= 4 is 17.4 Å². The molecule has 6 heteroatoms. The third-order valence-electron chi connectivity index (χ3n) is 7.32. The molecule has 0 spiro atoms. The summed E-state index contributed by atoms with van der Waals surface area (Å²) in [7, 11) is 0. The number of anilines is 1. The van der Waals surface area contributed by atoms with Gasteiger partial charge in [-0.1, -0.05) is 56.3 Å². The predicted molar refractivity (Wildman–Crippen MR) is 150 cm³/mol. The van der Waals surface area contributed by atoms with Gasteiger partial charge in [-0.3, -0.25) is 4.79 Å². The van der Waals surface area contributed by atoms with Gasteiger partial charge in [0.05, 0.1) is 6.54 Å². The quantitative estimate of drug-likeness (QED) is 0.324. The van der Waals surface area contributed by atoms with Gasteiger partial charge in [0.2, 0.25) is 0 Å². The van der Waals surface area contributed by atoms with Crippen molar-refractivity contribution in [1.29, 1.82) is 0 Å². The van der Waals surface area contributed by atoms with Crippen LogP contribution in [0.5, 0.6) is 5.75 Å². The molecule has 0 amide bonds. The van der Waals surface area contributed by atoms with E-state index in [1.807, 2.05) is 61.5 Å². The van der Waals surface area contributed by atoms with E-state index in [0.717, 1.165) is 47.6 Å². The lowest BCUT2D eigenvalue weighted by atomic mass is 9.76. The van der Waals surface area contributed by atoms with Crippen LogP contribution in [0.1, 0.15) is 59.8 Å². The Labute approximate surface area is 225 Å². The van der Waals surface area contributed by atoms with E-state index in [-0.39, 0.29) is 11.2 Å². The summed E-state index contributed by atoms with van der Waals surface area (Å²) in [4.78, 5) is 26.9. The number of nitrogens with zero attached hydrogens (tertiary/aromatic N) is 1. The number of rotatable bonds is 11. The molecule has 1 aliphatic heterocycles. The summed E-state index contributed by atoms with van der Waals surface area (Å²) in [5, 5.41) is 9.30. The zero-order chi connectivity index (χ0) is 27.3. The van der Waals surface area contributed by atoms with Gasteiger partial charge >= 0.3 is 5.97 Å². The fourth-order valence-electron chi connectivity index (χ4n) is 5.02. The van der Waals surface area contributed by atoms with E-state index < -0.39 is 12.1 Å². The number of ketones is 1. The van der Waals surface area contributed by atoms with Gasteiger partial charge < -0.3 is 19.5 Å². The number of carboxylic acid groups (broad SMARTS) is 1. The first-order valence-corrected chi connectivity index (χ1v) is 13.3. The number of ether oxygens (including phenoxy) is 2. The van der Waals surface area contributed by atoms with Crippen molar-refractivity contribution in [2.75, 3.05) is 31.2 Å². The number of benzene rings is 3. The third kappa shape index (κ3) is 6.25. The van der Waals surface area contributed by atoms with Gasteiger partial charge in [-0.15, -0.1) is 0 Å². The fourth-order valence-corrected chi connectivity index (χ4v) is 5.02. The summed E-state index contributed by atoms with van der Waals surface area (Å²) >= 11 is 0. The second-order valence-corrected chi connectivity index (χ2v) is 10.5. The molecule has 38 heavy (non-hydrogen) atoms. The predicted octanol–water partition coefficient (Wildman–Crippen LogP) is 5.82. The number of hydrogen-bond donors (Lipinski definition) is 1. The van der Waals surface area contributed by atoms with Crippen LogP contribution in [0.15, 0.2) is 66.7 Å². The molecular weight excluding hydrogens is 478 g/mol. The average Bonchev–Trinajstić information content (AvgIpc) is 2.90. The number of fused-ring (bicyclic) bond motifs is 1. The topological polar surface area (TPSA) is 76.1 Å². The van der Waals surface area contributed by atoms with E-state index in [4.69, 9.17) is 9.47 Å². The smallest absolute Gasteiger partial charge is 0.333 e. The molecule has 0 bridgehead atoms. The highest BCUT2D eigenvalue weighted by molar-refractivity contribution is 6.10. The van der Waals surface area contributed by atoms with Crippen molar-refractivity contribution in [2.45, 2.75) is 52.1 Å². The van der Waals surface area contributed by atoms with Crippen LogP contribution in [0.4, 0.5) is 5.69 Å². The minimum atomic E-state index is -0.955. The molecule has 1 N–H and O–H groups in total. The Morgan fingerprint density at radius 2 is 1.76 bits per heavy atom. The van der Waals surface area contributed by atoms with Gasteiger partial charge in [-0.25, -0.2) is 4.79 Å². The van der Waals surface area contributed by atoms with Crippen LogP contribution in [0.2, 0.25) is 0 Å². The van der Waals surface area contributed by atoms with Crippen LogP contribution in [-0.4, -0.2) is 49.3 Å². The van der Waals surface area contributed by atoms with E-state index in [1.165, 1.54) is 5.56 Å². The molecule has 1 heterocycles. The molecule has 0 fully saturated rings. The van der Waals surface area contributed by atoms with Crippen molar-refractivity contribution in [3.8, 4) is 5.75 Å². The maximum atomic E-state index is 13.3. The normalized spacial score (nSPS) is 15.0. The number of carbonyl (C=O) groups is 2. The number of aryl methyl sites for hydroxylation is 1. The van der Waals surface area contributed by atoms with Gasteiger partial charge in [0.25, 0.3) is 0 Å². The van der Waals surface area contributed by atoms with Crippen LogP contribution in [0.3, 0.4) is 0 Å². The van der Waals surface area contributed by atoms with Gasteiger partial charge in [0.1, 0.15) is 12.4 Å². The molecule has 200 valence electrons. The van der Waals surface area contributed by atoms with Crippen LogP contribution >= 0.6 is 0 Å². The molecule has 3 aromatic rings. The summed E-state index contributed by atoms with van der Waals surface area (Å²) in [5.41, 5.74) is 5.66. The van der Waals surface area contributed by atoms with Crippen LogP contribution in [-0.2, 0) is 21.4 Å². The Hall–Kier alpha value is -3.64. The van der Waals surface area contributed by atoms with Crippen molar-refractivity contribution < 1.29 is 24.2 Å². The summed E-state index contributed by atoms with van der Waals surface area (Å²) in [6.45, 7) is 10.8. The number of hydrogen-bond acceptors (Lipinski definition) is 5. The van der Waals surface area contributed by atoms with Crippen LogP contribution < -0.4 is 9.64 Å². The molecule has 4 rings (SSSR count). The lowest BCUT2D eigenvalue weighted by Gasteiger charge is -2.41. The highest BCUT2D eigenvalue weighted by Gasteiger charge is 2.32. The van der Waals surface area contributed by atoms with E-state index in [1.54, 1.807) is 6.92 Å². The Morgan fingerprint density at radius 3 is 2.42 bits per heavy atom. The highest BCUT2D eigenvalue weighted by Crippen LogP contribution is 2.41. The second kappa shape index (κ2) is 11.8. The molecule has 1 atom stereocenters. The molecular formula is C32H37NO5. The summed E-state index contributed by atoms with van der Waals surface area (Å²) in [6.07, 6.45) is 0.460. The van der Waals surface area contributed by atoms with Crippen molar-refractivity contribution in [2.24, 2.45) is 0 Å². The first-order chi connectivity index (χ1) is 18.2. The van der Waals surface area contributed by atoms with Gasteiger partial charge in [-0.2, -0.15) is 0 Å². The van der Waals surface area contributed by atoms with Crippen molar-refractivity contribution in [3.63, 3.8) is 0 Å². The lowest BCUT2D eigenvalue weighted by molar-refractivity contribution is -0.149. The summed E-state index contributed by atoms with van der Waals surface area (Å²) < 4.78 is 11.3. The molecule has 0 radical (unpaired) electrons. The van der Waals surface area contributed by atoms with E-state index in [2.05, 4.69) is 30.9 Å². The van der Waals surface area contributed by atoms with Gasteiger partial charge in [0.15, 0.2) is 11.9 Å². The van der Waals surface area contributed by atoms with E-state index in [0.29, 0.717) is 25.2 Å². The van der Waals surface area contributed by atoms with Crippen LogP contribution in [0.25, 0.3) is 0 Å². The lowest BCUT2D eigenvalue weighted by Crippen LogP contribution is -2.39. The molecule has 0 aliphatic carbocycles. The molecule has 0 aromatic heterocycles. The molecule has 0 saturated carbocycles. The van der Waals surface area contributed by atoms with E-state index >= 15 is 0 Å². The Morgan fingerprint density at radius 1 is 1.05 bits per heavy atom. The maximum absolute atomic E-state index is 13.3. The second-order valence-electron chi connectivity index (χ2n) is 10.5. The SMILES string of the molecule is CCOC(Cc1ccc(OCCN2CCC(C)(C)c3cc(C(=O)c4ccccc4)c(C)cc32)cc1)C(=O)O. The molecule has 1 unspecified atom stereocenters. The van der Waals surface area contributed by atoms with Crippen molar-refractivity contribution in [1.82, 2.24) is 0 Å². The highest BCUT2D eigenvalue weighted by atomic mass is 16.5. The fraction of sp³-hybridized carbons (Fsp3) is 0.375. The first kappa shape index (κ1) is 27.4. The van der Waals surface area contributed by atoms with Gasteiger partial charge in [-0.05, 0) is 66.6 Å². The summed E-state index contributed by atoms with van der Waals surface area (Å²) in [5.74, 6) is -0.153. The monoisotopic (exact) mass is 515 g/mol. The van der Waals surface area contributed by atoms with Gasteiger partial charge in [0, 0.05) is 36.4 Å². The number of carbonyl (C=O) groups excluding carboxylic acids is 1. The minimum absolute atomic E-state index is 0.0305. The van der Waals surface area contributed by atoms with E-state index in [9.17, 15) is 14.7 Å². The molecule has 6 nitrogen and oxygen atoms in total. The minimum Gasteiger partial charge on any atom is -0.492 e. The molecule has 3 aromatic carbocycles. The summed E-state index contributed by atoms with van der Waals surface area (Å²) in [6, 6.07) is 21.2. The first-order valence-electron chi connectivity index (χ1n) is 13.3. The zero-order valence-electron chi connectivity index (χ0n) is 22.7. The number of carboxylic acids is 1. The average molecular weight is 516 g/mol. The number of aliphatic carboxylic acids is 1. The Balaban J connectivity index is 1.44. The molecule has 0 saturated heterocycles. The van der Waals surface area contributed by atoms with Crippen LogP contribution in [0, 0.1) is 6.92 Å². The maximum Gasteiger partial charge on any atom is 0.333 e. The molecule has 1 aliphatic rings. The zero-order valence-corrected chi connectivity index (χ0v) is 22.7. The van der Waals surface area contributed by atoms with Crippen molar-refractivity contribution in [3.05, 3.63) is 94.5 Å².